The van der Waals surface area contributed by atoms with Crippen LogP contribution in [0.2, 0.25) is 5.02 Å². The average Bonchev–Trinajstić information content (AvgIpc) is 2.41. The van der Waals surface area contributed by atoms with Gasteiger partial charge in [0.25, 0.3) is 5.91 Å². The van der Waals surface area contributed by atoms with Gasteiger partial charge in [0.05, 0.1) is 5.02 Å². The largest absolute Gasteiger partial charge is 0.333 e. The lowest BCUT2D eigenvalue weighted by atomic mass is 10.1. The fourth-order valence-corrected chi connectivity index (χ4v) is 2.50. The molecule has 0 aliphatic heterocycles. The van der Waals surface area contributed by atoms with Crippen LogP contribution in [0.4, 0.5) is 0 Å². The monoisotopic (exact) mass is 345 g/mol. The number of hydrogen-bond acceptors (Lipinski definition) is 1. The third-order valence-electron chi connectivity index (χ3n) is 3.53. The maximum absolute atomic E-state index is 12.7. The number of carbonyl (C=O) groups is 1. The van der Waals surface area contributed by atoms with Gasteiger partial charge < -0.3 is 4.90 Å². The average molecular weight is 347 g/mol. The fraction of sp³-hybridized carbons (Fsp3) is 0.533. The van der Waals surface area contributed by atoms with Gasteiger partial charge in [0, 0.05) is 22.1 Å². The van der Waals surface area contributed by atoms with E-state index in [0.717, 1.165) is 17.3 Å². The molecule has 2 nitrogen and oxygen atoms in total. The Labute approximate surface area is 129 Å². The van der Waals surface area contributed by atoms with Crippen molar-refractivity contribution in [3.63, 3.8) is 0 Å². The Bertz CT molecular complexity index is 440. The summed E-state index contributed by atoms with van der Waals surface area (Å²) in [4.78, 5) is 14.6. The van der Waals surface area contributed by atoms with Crippen LogP contribution >= 0.6 is 27.5 Å². The van der Waals surface area contributed by atoms with Gasteiger partial charge in [-0.1, -0.05) is 25.4 Å². The Morgan fingerprint density at radius 1 is 1.26 bits per heavy atom. The lowest BCUT2D eigenvalue weighted by Gasteiger charge is -2.34. The summed E-state index contributed by atoms with van der Waals surface area (Å²) in [5.41, 5.74) is 0.678. The predicted molar refractivity (Wildman–Crippen MR) is 84.8 cm³/mol. The summed E-state index contributed by atoms with van der Waals surface area (Å²) in [6, 6.07) is 5.80. The highest BCUT2D eigenvalue weighted by Gasteiger charge is 2.24. The van der Waals surface area contributed by atoms with E-state index >= 15 is 0 Å². The number of carbonyl (C=O) groups excluding carboxylic acids is 1. The Morgan fingerprint density at radius 2 is 1.79 bits per heavy atom. The van der Waals surface area contributed by atoms with E-state index in [2.05, 4.69) is 43.6 Å². The number of amides is 1. The molecule has 2 atom stereocenters. The van der Waals surface area contributed by atoms with Crippen LogP contribution in [0.5, 0.6) is 0 Å². The SMILES string of the molecule is CCC(C)N(C(=O)c1ccc(Cl)c(Br)c1)C(C)CC. The van der Waals surface area contributed by atoms with E-state index in [0.29, 0.717) is 10.6 Å². The molecule has 2 unspecified atom stereocenters. The van der Waals surface area contributed by atoms with Crippen LogP contribution in [-0.4, -0.2) is 22.9 Å². The van der Waals surface area contributed by atoms with Crippen LogP contribution in [0.3, 0.4) is 0 Å². The molecule has 0 aliphatic carbocycles. The zero-order valence-corrected chi connectivity index (χ0v) is 14.3. The smallest absolute Gasteiger partial charge is 0.254 e. The van der Waals surface area contributed by atoms with Crippen LogP contribution in [0.15, 0.2) is 22.7 Å². The number of nitrogens with zero attached hydrogens (tertiary/aromatic N) is 1. The summed E-state index contributed by atoms with van der Waals surface area (Å²) in [6.45, 7) is 8.39. The number of benzene rings is 1. The van der Waals surface area contributed by atoms with Gasteiger partial charge in [-0.15, -0.1) is 0 Å². The van der Waals surface area contributed by atoms with Crippen LogP contribution in [0.1, 0.15) is 50.9 Å². The number of halogens is 2. The minimum atomic E-state index is 0.0704. The van der Waals surface area contributed by atoms with E-state index in [-0.39, 0.29) is 18.0 Å². The van der Waals surface area contributed by atoms with Gasteiger partial charge in [-0.2, -0.15) is 0 Å². The molecule has 0 heterocycles. The van der Waals surface area contributed by atoms with Crippen LogP contribution in [-0.2, 0) is 0 Å². The Hall–Kier alpha value is -0.540. The summed E-state index contributed by atoms with van der Waals surface area (Å²) in [5, 5.41) is 0.621. The molecule has 4 heteroatoms. The molecule has 1 amide bonds. The van der Waals surface area contributed by atoms with Gasteiger partial charge in [0.2, 0.25) is 0 Å². The van der Waals surface area contributed by atoms with Gasteiger partial charge >= 0.3 is 0 Å². The normalized spacial score (nSPS) is 14.0. The first-order valence-corrected chi connectivity index (χ1v) is 7.87. The lowest BCUT2D eigenvalue weighted by molar-refractivity contribution is 0.0598. The zero-order chi connectivity index (χ0) is 14.6. The molecule has 0 aromatic heterocycles. The molecule has 1 aromatic carbocycles. The third kappa shape index (κ3) is 3.96. The van der Waals surface area contributed by atoms with Crippen molar-refractivity contribution in [3.05, 3.63) is 33.3 Å². The number of rotatable bonds is 5. The molecule has 0 N–H and O–H groups in total. The second kappa shape index (κ2) is 7.30. The van der Waals surface area contributed by atoms with E-state index in [9.17, 15) is 4.79 Å². The summed E-state index contributed by atoms with van der Waals surface area (Å²) >= 11 is 9.34. The summed E-state index contributed by atoms with van der Waals surface area (Å²) < 4.78 is 0.758. The first kappa shape index (κ1) is 16.5. The van der Waals surface area contributed by atoms with Crippen molar-refractivity contribution in [3.8, 4) is 0 Å². The van der Waals surface area contributed by atoms with Gasteiger partial charge in [-0.3, -0.25) is 4.79 Å². The third-order valence-corrected chi connectivity index (χ3v) is 4.75. The standard InChI is InChI=1S/C15H21BrClNO/c1-5-10(3)18(11(4)6-2)15(19)12-7-8-14(17)13(16)9-12/h7-11H,5-6H2,1-4H3. The van der Waals surface area contributed by atoms with E-state index in [1.54, 1.807) is 18.2 Å². The first-order chi connectivity index (χ1) is 8.92. The van der Waals surface area contributed by atoms with Crippen molar-refractivity contribution in [2.24, 2.45) is 0 Å². The Morgan fingerprint density at radius 3 is 2.21 bits per heavy atom. The molecule has 0 aliphatic rings. The van der Waals surface area contributed by atoms with E-state index in [1.807, 2.05) is 4.90 Å². The zero-order valence-electron chi connectivity index (χ0n) is 11.9. The summed E-state index contributed by atoms with van der Waals surface area (Å²) in [5.74, 6) is 0.0704. The number of hydrogen-bond donors (Lipinski definition) is 0. The molecule has 0 fully saturated rings. The second-order valence-corrected chi connectivity index (χ2v) is 6.12. The quantitative estimate of drug-likeness (QED) is 0.722. The van der Waals surface area contributed by atoms with Crippen molar-refractivity contribution in [1.29, 1.82) is 0 Å². The van der Waals surface area contributed by atoms with Gasteiger partial charge in [-0.25, -0.2) is 0 Å². The molecular weight excluding hydrogens is 326 g/mol. The Kier molecular flexibility index (Phi) is 6.34. The predicted octanol–water partition coefficient (Wildman–Crippen LogP) is 5.14. The van der Waals surface area contributed by atoms with Crippen molar-refractivity contribution in [1.82, 2.24) is 4.90 Å². The fourth-order valence-electron chi connectivity index (χ4n) is 2.01. The molecule has 106 valence electrons. The topological polar surface area (TPSA) is 20.3 Å². The van der Waals surface area contributed by atoms with Gasteiger partial charge in [-0.05, 0) is 60.8 Å². The molecule has 19 heavy (non-hydrogen) atoms. The highest BCUT2D eigenvalue weighted by molar-refractivity contribution is 9.10. The summed E-state index contributed by atoms with van der Waals surface area (Å²) in [7, 11) is 0. The van der Waals surface area contributed by atoms with E-state index < -0.39 is 0 Å². The van der Waals surface area contributed by atoms with Crippen LogP contribution in [0.25, 0.3) is 0 Å². The molecule has 0 radical (unpaired) electrons. The van der Waals surface area contributed by atoms with E-state index in [1.165, 1.54) is 0 Å². The second-order valence-electron chi connectivity index (χ2n) is 4.86. The van der Waals surface area contributed by atoms with E-state index in [4.69, 9.17) is 11.6 Å². The minimum Gasteiger partial charge on any atom is -0.333 e. The van der Waals surface area contributed by atoms with Gasteiger partial charge in [0.1, 0.15) is 0 Å². The molecule has 0 saturated carbocycles. The molecule has 1 rings (SSSR count). The molecule has 0 bridgehead atoms. The summed E-state index contributed by atoms with van der Waals surface area (Å²) in [6.07, 6.45) is 1.90. The minimum absolute atomic E-state index is 0.0704. The highest BCUT2D eigenvalue weighted by atomic mass is 79.9. The van der Waals surface area contributed by atoms with Crippen LogP contribution < -0.4 is 0 Å². The molecule has 0 spiro atoms. The maximum atomic E-state index is 12.7. The van der Waals surface area contributed by atoms with Gasteiger partial charge in [0.15, 0.2) is 0 Å². The maximum Gasteiger partial charge on any atom is 0.254 e. The Balaban J connectivity index is 3.08. The molecular formula is C15H21BrClNO. The molecule has 1 aromatic rings. The van der Waals surface area contributed by atoms with Crippen molar-refractivity contribution < 1.29 is 4.79 Å². The van der Waals surface area contributed by atoms with Crippen LogP contribution in [0, 0.1) is 0 Å². The first-order valence-electron chi connectivity index (χ1n) is 6.70. The highest BCUT2D eigenvalue weighted by Crippen LogP contribution is 2.25. The molecule has 0 saturated heterocycles. The van der Waals surface area contributed by atoms with Crippen molar-refractivity contribution in [2.45, 2.75) is 52.6 Å². The van der Waals surface area contributed by atoms with Crippen molar-refractivity contribution >= 4 is 33.4 Å². The lowest BCUT2D eigenvalue weighted by Crippen LogP contribution is -2.44. The van der Waals surface area contributed by atoms with Crippen molar-refractivity contribution in [2.75, 3.05) is 0 Å².